The molecule has 1 saturated heterocycles. The van der Waals surface area contributed by atoms with Crippen molar-refractivity contribution in [3.63, 3.8) is 0 Å². The number of rotatable bonds is 2. The second-order valence-electron chi connectivity index (χ2n) is 4.89. The van der Waals surface area contributed by atoms with E-state index in [0.29, 0.717) is 10.9 Å². The fraction of sp³-hybridized carbons (Fsp3) is 0.571. The number of amides is 1. The van der Waals surface area contributed by atoms with Crippen LogP contribution in [0.15, 0.2) is 22.5 Å². The Labute approximate surface area is 118 Å². The van der Waals surface area contributed by atoms with Gasteiger partial charge in [-0.2, -0.15) is 4.99 Å². The minimum atomic E-state index is -0.212. The van der Waals surface area contributed by atoms with Crippen molar-refractivity contribution in [3.8, 4) is 0 Å². The van der Waals surface area contributed by atoms with Gasteiger partial charge in [-0.05, 0) is 44.6 Å². The first kappa shape index (κ1) is 14.1. The molecular formula is C14H20N2O2S. The average molecular weight is 280 g/mol. The second kappa shape index (κ2) is 6.70. The van der Waals surface area contributed by atoms with Crippen molar-refractivity contribution >= 4 is 23.3 Å². The highest BCUT2D eigenvalue weighted by molar-refractivity contribution is 7.12. The molecule has 1 aromatic rings. The molecular weight excluding hydrogens is 260 g/mol. The minimum Gasteiger partial charge on any atom is -0.462 e. The quantitative estimate of drug-likeness (QED) is 0.617. The molecule has 0 saturated carbocycles. The van der Waals surface area contributed by atoms with E-state index in [-0.39, 0.29) is 12.0 Å². The van der Waals surface area contributed by atoms with Gasteiger partial charge in [-0.1, -0.05) is 6.07 Å². The summed E-state index contributed by atoms with van der Waals surface area (Å²) in [5, 5.41) is 1.88. The lowest BCUT2D eigenvalue weighted by Gasteiger charge is -2.29. The maximum absolute atomic E-state index is 12.1. The lowest BCUT2D eigenvalue weighted by molar-refractivity contribution is 0.0990. The number of hydrogen-bond acceptors (Lipinski definition) is 3. The molecule has 1 aromatic heterocycles. The third kappa shape index (κ3) is 4.06. The van der Waals surface area contributed by atoms with Gasteiger partial charge in [0.15, 0.2) is 0 Å². The van der Waals surface area contributed by atoms with Gasteiger partial charge in [0.05, 0.1) is 11.0 Å². The smallest absolute Gasteiger partial charge is 0.295 e. The normalized spacial score (nSPS) is 16.8. The summed E-state index contributed by atoms with van der Waals surface area (Å²) in [6.45, 7) is 5.75. The van der Waals surface area contributed by atoms with Gasteiger partial charge in [-0.3, -0.25) is 4.79 Å². The third-order valence-electron chi connectivity index (χ3n) is 2.90. The van der Waals surface area contributed by atoms with Crippen molar-refractivity contribution in [2.24, 2.45) is 4.99 Å². The van der Waals surface area contributed by atoms with Crippen LogP contribution in [0.5, 0.6) is 0 Å². The number of piperidine rings is 1. The van der Waals surface area contributed by atoms with Gasteiger partial charge in [-0.25, -0.2) is 0 Å². The predicted molar refractivity (Wildman–Crippen MR) is 77.7 cm³/mol. The number of amidine groups is 1. The van der Waals surface area contributed by atoms with Crippen molar-refractivity contribution in [3.05, 3.63) is 22.4 Å². The molecule has 0 atom stereocenters. The van der Waals surface area contributed by atoms with Gasteiger partial charge < -0.3 is 9.64 Å². The van der Waals surface area contributed by atoms with Crippen LogP contribution in [0.1, 0.15) is 42.8 Å². The number of nitrogens with zero attached hydrogens (tertiary/aromatic N) is 2. The van der Waals surface area contributed by atoms with Gasteiger partial charge in [0.25, 0.3) is 11.9 Å². The predicted octanol–water partition coefficient (Wildman–Crippen LogP) is 3.16. The molecule has 1 amide bonds. The molecule has 0 unspecified atom stereocenters. The molecule has 19 heavy (non-hydrogen) atoms. The van der Waals surface area contributed by atoms with Gasteiger partial charge in [0, 0.05) is 13.1 Å². The van der Waals surface area contributed by atoms with Gasteiger partial charge >= 0.3 is 0 Å². The van der Waals surface area contributed by atoms with Crippen LogP contribution in [0.4, 0.5) is 0 Å². The summed E-state index contributed by atoms with van der Waals surface area (Å²) >= 11 is 1.41. The molecule has 1 fully saturated rings. The van der Waals surface area contributed by atoms with Crippen LogP contribution in [0, 0.1) is 0 Å². The number of carbonyl (C=O) groups is 1. The maximum Gasteiger partial charge on any atom is 0.295 e. The van der Waals surface area contributed by atoms with Crippen LogP contribution in [-0.4, -0.2) is 36.0 Å². The zero-order valence-corrected chi connectivity index (χ0v) is 12.3. The molecule has 0 bridgehead atoms. The standard InChI is InChI=1S/C14H20N2O2S/c1-11(2)18-14(16-8-4-3-5-9-16)15-13(17)12-7-6-10-19-12/h6-7,10-11H,3-5,8-9H2,1-2H3. The fourth-order valence-corrected chi connectivity index (χ4v) is 2.62. The lowest BCUT2D eigenvalue weighted by atomic mass is 10.1. The number of aliphatic imine (C=N–C) groups is 1. The molecule has 104 valence electrons. The first-order valence-electron chi connectivity index (χ1n) is 6.75. The number of ether oxygens (including phenoxy) is 1. The molecule has 0 radical (unpaired) electrons. The summed E-state index contributed by atoms with van der Waals surface area (Å²) in [4.78, 5) is 19.0. The zero-order chi connectivity index (χ0) is 13.7. The summed E-state index contributed by atoms with van der Waals surface area (Å²) in [5.74, 6) is -0.212. The second-order valence-corrected chi connectivity index (χ2v) is 5.84. The van der Waals surface area contributed by atoms with E-state index in [4.69, 9.17) is 4.74 Å². The summed E-state index contributed by atoms with van der Waals surface area (Å²) in [6, 6.07) is 4.13. The summed E-state index contributed by atoms with van der Waals surface area (Å²) < 4.78 is 5.72. The molecule has 4 nitrogen and oxygen atoms in total. The van der Waals surface area contributed by atoms with Gasteiger partial charge in [0.1, 0.15) is 0 Å². The molecule has 0 aliphatic carbocycles. The van der Waals surface area contributed by atoms with Crippen molar-refractivity contribution in [1.82, 2.24) is 4.90 Å². The molecule has 0 spiro atoms. The first-order valence-corrected chi connectivity index (χ1v) is 7.63. The van der Waals surface area contributed by atoms with Crippen molar-refractivity contribution in [1.29, 1.82) is 0 Å². The summed E-state index contributed by atoms with van der Waals surface area (Å²) in [7, 11) is 0. The molecule has 5 heteroatoms. The highest BCUT2D eigenvalue weighted by Gasteiger charge is 2.19. The highest BCUT2D eigenvalue weighted by Crippen LogP contribution is 2.14. The largest absolute Gasteiger partial charge is 0.462 e. The van der Waals surface area contributed by atoms with Crippen LogP contribution >= 0.6 is 11.3 Å². The van der Waals surface area contributed by atoms with E-state index in [1.807, 2.05) is 25.3 Å². The third-order valence-corrected chi connectivity index (χ3v) is 3.75. The molecule has 0 aromatic carbocycles. The van der Waals surface area contributed by atoms with E-state index in [2.05, 4.69) is 9.89 Å². The average Bonchev–Trinajstić information content (AvgIpc) is 2.92. The molecule has 2 rings (SSSR count). The Morgan fingerprint density at radius 1 is 1.37 bits per heavy atom. The topological polar surface area (TPSA) is 41.9 Å². The summed E-state index contributed by atoms with van der Waals surface area (Å²) in [6.07, 6.45) is 3.53. The van der Waals surface area contributed by atoms with Crippen molar-refractivity contribution in [2.45, 2.75) is 39.2 Å². The van der Waals surface area contributed by atoms with Crippen LogP contribution in [0.25, 0.3) is 0 Å². The van der Waals surface area contributed by atoms with E-state index in [1.54, 1.807) is 6.07 Å². The Bertz CT molecular complexity index is 434. The lowest BCUT2D eigenvalue weighted by Crippen LogP contribution is -2.39. The monoisotopic (exact) mass is 280 g/mol. The van der Waals surface area contributed by atoms with E-state index in [9.17, 15) is 4.79 Å². The number of hydrogen-bond donors (Lipinski definition) is 0. The maximum atomic E-state index is 12.1. The Kier molecular flexibility index (Phi) is 4.96. The molecule has 1 aliphatic heterocycles. The Morgan fingerprint density at radius 2 is 2.11 bits per heavy atom. The summed E-state index contributed by atoms with van der Waals surface area (Å²) in [5.41, 5.74) is 0. The van der Waals surface area contributed by atoms with Crippen molar-refractivity contribution in [2.75, 3.05) is 13.1 Å². The van der Waals surface area contributed by atoms with Gasteiger partial charge in [0.2, 0.25) is 0 Å². The first-order chi connectivity index (χ1) is 9.16. The van der Waals surface area contributed by atoms with Crippen LogP contribution in [0.2, 0.25) is 0 Å². The van der Waals surface area contributed by atoms with Crippen LogP contribution < -0.4 is 0 Å². The van der Waals surface area contributed by atoms with E-state index < -0.39 is 0 Å². The zero-order valence-electron chi connectivity index (χ0n) is 11.5. The fourth-order valence-electron chi connectivity index (χ4n) is 2.01. The highest BCUT2D eigenvalue weighted by atomic mass is 32.1. The molecule has 0 N–H and O–H groups in total. The Hall–Kier alpha value is -1.36. The van der Waals surface area contributed by atoms with Crippen molar-refractivity contribution < 1.29 is 9.53 Å². The molecule has 2 heterocycles. The number of thiophene rings is 1. The van der Waals surface area contributed by atoms with Gasteiger partial charge in [-0.15, -0.1) is 11.3 Å². The number of likely N-dealkylation sites (tertiary alicyclic amines) is 1. The van der Waals surface area contributed by atoms with E-state index in [0.717, 1.165) is 25.9 Å². The van der Waals surface area contributed by atoms with E-state index >= 15 is 0 Å². The van der Waals surface area contributed by atoms with Crippen LogP contribution in [0.3, 0.4) is 0 Å². The molecule has 1 aliphatic rings. The van der Waals surface area contributed by atoms with Crippen LogP contribution in [-0.2, 0) is 4.74 Å². The Morgan fingerprint density at radius 3 is 2.68 bits per heavy atom. The van der Waals surface area contributed by atoms with E-state index in [1.165, 1.54) is 17.8 Å². The minimum absolute atomic E-state index is 0.0248. The number of carbonyl (C=O) groups excluding carboxylic acids is 1. The SMILES string of the molecule is CC(C)OC(=NC(=O)c1cccs1)N1CCCCC1. The Balaban J connectivity index is 2.13.